The molecule has 2 N–H and O–H groups in total. The summed E-state index contributed by atoms with van der Waals surface area (Å²) in [4.78, 5) is 0.269. The molecule has 0 spiro atoms. The summed E-state index contributed by atoms with van der Waals surface area (Å²) in [6, 6.07) is 10.7. The van der Waals surface area contributed by atoms with Crippen LogP contribution in [0.4, 0.5) is 4.39 Å². The summed E-state index contributed by atoms with van der Waals surface area (Å²) in [5, 5.41) is 0.393. The van der Waals surface area contributed by atoms with Gasteiger partial charge in [0, 0.05) is 5.56 Å². The molecule has 0 aromatic heterocycles. The van der Waals surface area contributed by atoms with E-state index in [2.05, 4.69) is 0 Å². The third-order valence-electron chi connectivity index (χ3n) is 2.26. The third-order valence-corrected chi connectivity index (χ3v) is 2.79. The predicted octanol–water partition coefficient (Wildman–Crippen LogP) is 3.91. The zero-order valence-electron chi connectivity index (χ0n) is 9.19. The second-order valence-electron chi connectivity index (χ2n) is 3.57. The van der Waals surface area contributed by atoms with Crippen LogP contribution in [-0.2, 0) is 0 Å². The van der Waals surface area contributed by atoms with E-state index < -0.39 is 0 Å². The summed E-state index contributed by atoms with van der Waals surface area (Å²) in [6.45, 7) is 0. The average molecular weight is 282 g/mol. The van der Waals surface area contributed by atoms with Crippen molar-refractivity contribution < 1.29 is 9.13 Å². The first-order valence-corrected chi connectivity index (χ1v) is 5.87. The van der Waals surface area contributed by atoms with Crippen molar-refractivity contribution >= 4 is 28.8 Å². The molecule has 0 aliphatic carbocycles. The van der Waals surface area contributed by atoms with Gasteiger partial charge in [-0.25, -0.2) is 4.39 Å². The highest BCUT2D eigenvalue weighted by Gasteiger charge is 2.06. The summed E-state index contributed by atoms with van der Waals surface area (Å²) >= 11 is 10.9. The van der Waals surface area contributed by atoms with Gasteiger partial charge >= 0.3 is 0 Å². The van der Waals surface area contributed by atoms with Gasteiger partial charge in [0.1, 0.15) is 22.3 Å². The first-order valence-electron chi connectivity index (χ1n) is 5.09. The van der Waals surface area contributed by atoms with E-state index in [-0.39, 0.29) is 10.8 Å². The van der Waals surface area contributed by atoms with Gasteiger partial charge in [-0.2, -0.15) is 0 Å². The highest BCUT2D eigenvalue weighted by molar-refractivity contribution is 7.80. The average Bonchev–Trinajstić information content (AvgIpc) is 2.34. The minimum Gasteiger partial charge on any atom is -0.456 e. The molecule has 0 aliphatic rings. The van der Waals surface area contributed by atoms with Crippen LogP contribution in [-0.4, -0.2) is 4.99 Å². The van der Waals surface area contributed by atoms with E-state index in [0.29, 0.717) is 22.1 Å². The number of thiocarbonyl (C=S) groups is 1. The Balaban J connectivity index is 2.24. The van der Waals surface area contributed by atoms with E-state index in [1.165, 1.54) is 24.3 Å². The highest BCUT2D eigenvalue weighted by atomic mass is 35.5. The van der Waals surface area contributed by atoms with Crippen molar-refractivity contribution in [3.8, 4) is 11.5 Å². The number of ether oxygens (including phenoxy) is 1. The largest absolute Gasteiger partial charge is 0.456 e. The Morgan fingerprint density at radius 3 is 2.39 bits per heavy atom. The smallest absolute Gasteiger partial charge is 0.146 e. The lowest BCUT2D eigenvalue weighted by molar-refractivity contribution is 0.481. The predicted molar refractivity (Wildman–Crippen MR) is 73.8 cm³/mol. The molecule has 0 radical (unpaired) electrons. The second-order valence-corrected chi connectivity index (χ2v) is 4.41. The van der Waals surface area contributed by atoms with Crippen LogP contribution < -0.4 is 10.5 Å². The molecule has 2 nitrogen and oxygen atoms in total. The maximum atomic E-state index is 12.7. The summed E-state index contributed by atoms with van der Waals surface area (Å²) in [6.07, 6.45) is 0. The Bertz CT molecular complexity index is 586. The van der Waals surface area contributed by atoms with Crippen LogP contribution in [0.1, 0.15) is 5.56 Å². The van der Waals surface area contributed by atoms with E-state index >= 15 is 0 Å². The van der Waals surface area contributed by atoms with E-state index in [1.54, 1.807) is 18.2 Å². The summed E-state index contributed by atoms with van der Waals surface area (Å²) in [5.41, 5.74) is 6.16. The molecule has 0 atom stereocenters. The van der Waals surface area contributed by atoms with E-state index in [1.807, 2.05) is 0 Å². The SMILES string of the molecule is NC(=S)c1ccc(Oc2ccc(F)cc2)c(Cl)c1. The fourth-order valence-corrected chi connectivity index (χ4v) is 1.71. The van der Waals surface area contributed by atoms with Gasteiger partial charge in [0.15, 0.2) is 0 Å². The minimum atomic E-state index is -0.322. The van der Waals surface area contributed by atoms with Crippen LogP contribution in [0.15, 0.2) is 42.5 Å². The maximum Gasteiger partial charge on any atom is 0.146 e. The molecule has 0 saturated carbocycles. The van der Waals surface area contributed by atoms with E-state index in [0.717, 1.165) is 0 Å². The van der Waals surface area contributed by atoms with Gasteiger partial charge in [0.25, 0.3) is 0 Å². The Morgan fingerprint density at radius 1 is 1.17 bits per heavy atom. The Labute approximate surface area is 114 Å². The molecule has 0 saturated heterocycles. The van der Waals surface area contributed by atoms with Crippen LogP contribution in [0.2, 0.25) is 5.02 Å². The molecule has 18 heavy (non-hydrogen) atoms. The molecule has 5 heteroatoms. The van der Waals surface area contributed by atoms with Crippen LogP contribution >= 0.6 is 23.8 Å². The van der Waals surface area contributed by atoms with Crippen molar-refractivity contribution in [2.24, 2.45) is 5.73 Å². The van der Waals surface area contributed by atoms with Crippen molar-refractivity contribution in [3.63, 3.8) is 0 Å². The number of rotatable bonds is 3. The third kappa shape index (κ3) is 2.97. The Morgan fingerprint density at radius 2 is 1.83 bits per heavy atom. The van der Waals surface area contributed by atoms with Crippen LogP contribution in [0.3, 0.4) is 0 Å². The molecule has 2 rings (SSSR count). The first-order chi connectivity index (χ1) is 8.56. The Hall–Kier alpha value is -1.65. The van der Waals surface area contributed by atoms with Gasteiger partial charge in [-0.05, 0) is 42.5 Å². The first kappa shape index (κ1) is 12.8. The number of nitrogens with two attached hydrogens (primary N) is 1. The molecule has 0 bridgehead atoms. The maximum absolute atomic E-state index is 12.7. The fourth-order valence-electron chi connectivity index (χ4n) is 1.37. The van der Waals surface area contributed by atoms with Crippen LogP contribution in [0.5, 0.6) is 11.5 Å². The highest BCUT2D eigenvalue weighted by Crippen LogP contribution is 2.30. The fraction of sp³-hybridized carbons (Fsp3) is 0. The van der Waals surface area contributed by atoms with E-state index in [4.69, 9.17) is 34.3 Å². The van der Waals surface area contributed by atoms with Gasteiger partial charge in [-0.15, -0.1) is 0 Å². The van der Waals surface area contributed by atoms with Gasteiger partial charge in [-0.3, -0.25) is 0 Å². The van der Waals surface area contributed by atoms with Crippen molar-refractivity contribution in [1.82, 2.24) is 0 Å². The molecular formula is C13H9ClFNOS. The number of hydrogen-bond acceptors (Lipinski definition) is 2. The quantitative estimate of drug-likeness (QED) is 0.867. The number of hydrogen-bond donors (Lipinski definition) is 1. The Kier molecular flexibility index (Phi) is 3.79. The van der Waals surface area contributed by atoms with E-state index in [9.17, 15) is 4.39 Å². The van der Waals surface area contributed by atoms with Crippen molar-refractivity contribution in [1.29, 1.82) is 0 Å². The lowest BCUT2D eigenvalue weighted by Crippen LogP contribution is -2.08. The van der Waals surface area contributed by atoms with Gasteiger partial charge in [-0.1, -0.05) is 23.8 Å². The molecule has 0 heterocycles. The summed E-state index contributed by atoms with van der Waals surface area (Å²) in [7, 11) is 0. The molecular weight excluding hydrogens is 273 g/mol. The molecule has 0 fully saturated rings. The molecule has 0 aliphatic heterocycles. The molecule has 92 valence electrons. The standard InChI is InChI=1S/C13H9ClFNOS/c14-11-7-8(13(16)18)1-6-12(11)17-10-4-2-9(15)3-5-10/h1-7H,(H2,16,18). The van der Waals surface area contributed by atoms with Crippen molar-refractivity contribution in [2.75, 3.05) is 0 Å². The zero-order chi connectivity index (χ0) is 13.1. The van der Waals surface area contributed by atoms with Gasteiger partial charge < -0.3 is 10.5 Å². The molecule has 2 aromatic rings. The lowest BCUT2D eigenvalue weighted by Gasteiger charge is -2.08. The lowest BCUT2D eigenvalue weighted by atomic mass is 10.2. The summed E-state index contributed by atoms with van der Waals surface area (Å²) < 4.78 is 18.3. The van der Waals surface area contributed by atoms with Crippen LogP contribution in [0.25, 0.3) is 0 Å². The molecule has 2 aromatic carbocycles. The van der Waals surface area contributed by atoms with Crippen LogP contribution in [0, 0.1) is 5.82 Å². The van der Waals surface area contributed by atoms with Crippen molar-refractivity contribution in [3.05, 3.63) is 58.9 Å². The molecule has 0 unspecified atom stereocenters. The second kappa shape index (κ2) is 5.33. The number of benzene rings is 2. The normalized spacial score (nSPS) is 10.1. The molecule has 0 amide bonds. The van der Waals surface area contributed by atoms with Gasteiger partial charge in [0.2, 0.25) is 0 Å². The zero-order valence-corrected chi connectivity index (χ0v) is 10.8. The topological polar surface area (TPSA) is 35.2 Å². The minimum absolute atomic E-state index is 0.269. The monoisotopic (exact) mass is 281 g/mol. The van der Waals surface area contributed by atoms with Gasteiger partial charge in [0.05, 0.1) is 5.02 Å². The number of halogens is 2. The van der Waals surface area contributed by atoms with Crippen molar-refractivity contribution in [2.45, 2.75) is 0 Å². The summed E-state index contributed by atoms with van der Waals surface area (Å²) in [5.74, 6) is 0.641.